The number of allylic oxidation sites excluding steroid dienone is 2. The number of thioether (sulfide) groups is 2. The third-order valence-electron chi connectivity index (χ3n) is 1.89. The lowest BCUT2D eigenvalue weighted by Crippen LogP contribution is -1.73. The average Bonchev–Trinajstić information content (AvgIpc) is 2.31. The minimum Gasteiger partial charge on any atom is -0.120 e. The highest BCUT2D eigenvalue weighted by Gasteiger charge is 1.93. The van der Waals surface area contributed by atoms with E-state index in [1.807, 2.05) is 29.6 Å². The highest BCUT2D eigenvalue weighted by atomic mass is 32.2. The van der Waals surface area contributed by atoms with Crippen molar-refractivity contribution in [3.63, 3.8) is 0 Å². The van der Waals surface area contributed by atoms with Crippen LogP contribution in [0, 0.1) is 0 Å². The van der Waals surface area contributed by atoms with Crippen LogP contribution >= 0.6 is 23.5 Å². The zero-order valence-electron chi connectivity index (χ0n) is 9.85. The van der Waals surface area contributed by atoms with Gasteiger partial charge in [-0.05, 0) is 23.1 Å². The van der Waals surface area contributed by atoms with E-state index in [1.165, 1.54) is 9.80 Å². The zero-order valence-corrected chi connectivity index (χ0v) is 11.5. The van der Waals surface area contributed by atoms with Crippen LogP contribution in [0.25, 0.3) is 6.08 Å². The van der Waals surface area contributed by atoms with Crippen LogP contribution in [0.1, 0.15) is 19.4 Å². The monoisotopic (exact) mass is 250 g/mol. The Kier molecular flexibility index (Phi) is 7.19. The van der Waals surface area contributed by atoms with Gasteiger partial charge in [-0.1, -0.05) is 56.3 Å². The normalized spacial score (nSPS) is 10.6. The van der Waals surface area contributed by atoms with Crippen molar-refractivity contribution >= 4 is 29.6 Å². The van der Waals surface area contributed by atoms with Crippen molar-refractivity contribution < 1.29 is 0 Å². The molecule has 0 heterocycles. The van der Waals surface area contributed by atoms with Gasteiger partial charge in [-0.2, -0.15) is 0 Å². The van der Waals surface area contributed by atoms with Gasteiger partial charge >= 0.3 is 0 Å². The number of hydrogen-bond donors (Lipinski definition) is 0. The van der Waals surface area contributed by atoms with E-state index >= 15 is 0 Å². The molecule has 0 aliphatic rings. The van der Waals surface area contributed by atoms with Crippen molar-refractivity contribution in [3.05, 3.63) is 52.3 Å². The summed E-state index contributed by atoms with van der Waals surface area (Å²) in [7, 11) is 0. The molecule has 0 saturated carbocycles. The van der Waals surface area contributed by atoms with E-state index in [9.17, 15) is 0 Å². The molecule has 0 spiro atoms. The second-order valence-electron chi connectivity index (χ2n) is 3.12. The molecule has 0 N–H and O–H groups in total. The van der Waals surface area contributed by atoms with Gasteiger partial charge in [0.05, 0.1) is 0 Å². The lowest BCUT2D eigenvalue weighted by molar-refractivity contribution is 1.52. The Bertz CT molecular complexity index is 331. The predicted molar refractivity (Wildman–Crippen MR) is 79.8 cm³/mol. The van der Waals surface area contributed by atoms with Gasteiger partial charge in [-0.25, -0.2) is 0 Å². The molecule has 0 atom stereocenters. The van der Waals surface area contributed by atoms with E-state index in [-0.39, 0.29) is 0 Å². The highest BCUT2D eigenvalue weighted by molar-refractivity contribution is 8.22. The first-order valence-corrected chi connectivity index (χ1v) is 7.53. The predicted octanol–water partition coefficient (Wildman–Crippen LogP) is 5.05. The Hall–Kier alpha value is -0.600. The molecule has 2 heteroatoms. The van der Waals surface area contributed by atoms with Gasteiger partial charge in [0.25, 0.3) is 0 Å². The average molecular weight is 250 g/mol. The third-order valence-corrected chi connectivity index (χ3v) is 4.02. The van der Waals surface area contributed by atoms with Crippen LogP contribution < -0.4 is 0 Å². The molecule has 1 aromatic rings. The first-order valence-electron chi connectivity index (χ1n) is 5.55. The Labute approximate surface area is 107 Å². The maximum atomic E-state index is 2.20. The Morgan fingerprint density at radius 1 is 1.06 bits per heavy atom. The summed E-state index contributed by atoms with van der Waals surface area (Å²) in [6.07, 6.45) is 6.48. The van der Waals surface area contributed by atoms with Crippen LogP contribution in [0.3, 0.4) is 0 Å². The van der Waals surface area contributed by atoms with E-state index < -0.39 is 0 Å². The first kappa shape index (κ1) is 13.5. The van der Waals surface area contributed by atoms with Crippen LogP contribution in [0.15, 0.2) is 46.7 Å². The molecule has 0 aromatic heterocycles. The van der Waals surface area contributed by atoms with E-state index in [0.29, 0.717) is 0 Å². The molecule has 0 nitrogen and oxygen atoms in total. The minimum atomic E-state index is 1.14. The van der Waals surface area contributed by atoms with Gasteiger partial charge in [0.1, 0.15) is 0 Å². The van der Waals surface area contributed by atoms with Gasteiger partial charge in [0, 0.05) is 4.24 Å². The molecule has 0 saturated heterocycles. The van der Waals surface area contributed by atoms with Crippen molar-refractivity contribution in [1.82, 2.24) is 0 Å². The number of rotatable bonds is 6. The van der Waals surface area contributed by atoms with Crippen molar-refractivity contribution in [2.75, 3.05) is 11.5 Å². The second-order valence-corrected chi connectivity index (χ2v) is 5.99. The SMILES string of the molecule is CCSC(=C/C=C/c1ccccc1)SCC. The maximum absolute atomic E-state index is 2.20. The second kappa shape index (κ2) is 8.54. The lowest BCUT2D eigenvalue weighted by atomic mass is 10.2. The number of hydrogen-bond acceptors (Lipinski definition) is 2. The topological polar surface area (TPSA) is 0 Å². The largest absolute Gasteiger partial charge is 0.120 e. The summed E-state index contributed by atoms with van der Waals surface area (Å²) < 4.78 is 1.40. The minimum absolute atomic E-state index is 1.14. The standard InChI is InChI=1S/C14H18S2/c1-3-15-14(16-4-2)12-8-11-13-9-6-5-7-10-13/h5-12H,3-4H2,1-2H3/b11-8+. The molecule has 0 amide bonds. The van der Waals surface area contributed by atoms with E-state index in [0.717, 1.165) is 11.5 Å². The quantitative estimate of drug-likeness (QED) is 0.648. The molecule has 0 aliphatic heterocycles. The molecule has 0 fully saturated rings. The summed E-state index contributed by atoms with van der Waals surface area (Å²) in [5, 5.41) is 0. The van der Waals surface area contributed by atoms with Gasteiger partial charge in [0.2, 0.25) is 0 Å². The van der Waals surface area contributed by atoms with Gasteiger partial charge in [0.15, 0.2) is 0 Å². The molecule has 0 bridgehead atoms. The van der Waals surface area contributed by atoms with Crippen LogP contribution in [-0.2, 0) is 0 Å². The summed E-state index contributed by atoms with van der Waals surface area (Å²) in [4.78, 5) is 0. The molecular formula is C14H18S2. The fourth-order valence-corrected chi connectivity index (χ4v) is 3.18. The van der Waals surface area contributed by atoms with Crippen molar-refractivity contribution in [3.8, 4) is 0 Å². The van der Waals surface area contributed by atoms with Gasteiger partial charge in [-0.15, -0.1) is 23.5 Å². The molecular weight excluding hydrogens is 232 g/mol. The van der Waals surface area contributed by atoms with E-state index in [4.69, 9.17) is 0 Å². The summed E-state index contributed by atoms with van der Waals surface area (Å²) in [5.41, 5.74) is 1.25. The van der Waals surface area contributed by atoms with Crippen molar-refractivity contribution in [1.29, 1.82) is 0 Å². The number of benzene rings is 1. The summed E-state index contributed by atoms with van der Waals surface area (Å²) in [5.74, 6) is 2.27. The van der Waals surface area contributed by atoms with Crippen molar-refractivity contribution in [2.45, 2.75) is 13.8 Å². The molecule has 0 aliphatic carbocycles. The molecule has 1 aromatic carbocycles. The fraction of sp³-hybridized carbons (Fsp3) is 0.286. The third kappa shape index (κ3) is 5.47. The molecule has 86 valence electrons. The fourth-order valence-electron chi connectivity index (χ4n) is 1.22. The van der Waals surface area contributed by atoms with Crippen LogP contribution in [0.5, 0.6) is 0 Å². The molecule has 1 rings (SSSR count). The van der Waals surface area contributed by atoms with Crippen LogP contribution in [0.2, 0.25) is 0 Å². The summed E-state index contributed by atoms with van der Waals surface area (Å²) in [6.45, 7) is 4.38. The zero-order chi connectivity index (χ0) is 11.6. The van der Waals surface area contributed by atoms with E-state index in [2.05, 4.69) is 56.3 Å². The van der Waals surface area contributed by atoms with Gasteiger partial charge < -0.3 is 0 Å². The Balaban J connectivity index is 2.58. The van der Waals surface area contributed by atoms with Crippen molar-refractivity contribution in [2.24, 2.45) is 0 Å². The summed E-state index contributed by atoms with van der Waals surface area (Å²) >= 11 is 3.82. The molecule has 16 heavy (non-hydrogen) atoms. The van der Waals surface area contributed by atoms with E-state index in [1.54, 1.807) is 0 Å². The Morgan fingerprint density at radius 3 is 2.25 bits per heavy atom. The molecule has 0 unspecified atom stereocenters. The van der Waals surface area contributed by atoms with Crippen LogP contribution in [-0.4, -0.2) is 11.5 Å². The van der Waals surface area contributed by atoms with Gasteiger partial charge in [-0.3, -0.25) is 0 Å². The van der Waals surface area contributed by atoms with Crippen LogP contribution in [0.4, 0.5) is 0 Å². The lowest BCUT2D eigenvalue weighted by Gasteiger charge is -2.00. The molecule has 0 radical (unpaired) electrons. The highest BCUT2D eigenvalue weighted by Crippen LogP contribution is 2.27. The maximum Gasteiger partial charge on any atom is 0.0400 e. The smallest absolute Gasteiger partial charge is 0.0400 e. The summed E-state index contributed by atoms with van der Waals surface area (Å²) in [6, 6.07) is 10.4. The first-order chi connectivity index (χ1) is 7.86. The Morgan fingerprint density at radius 2 is 1.69 bits per heavy atom.